The fraction of sp³-hybridized carbons (Fsp3) is 0.562. The molecule has 1 saturated heterocycles. The number of ether oxygens (including phenoxy) is 3. The van der Waals surface area contributed by atoms with Crippen LogP contribution in [0.3, 0.4) is 0 Å². The van der Waals surface area contributed by atoms with Gasteiger partial charge in [-0.2, -0.15) is 0 Å². The number of nitrogens with one attached hydrogen (secondary N) is 3. The van der Waals surface area contributed by atoms with Crippen molar-refractivity contribution in [3.63, 3.8) is 0 Å². The minimum absolute atomic E-state index is 0.0888. The maximum Gasteiger partial charge on any atom is 0.421 e. The molecule has 1 atom stereocenters. The SMILES string of the molecule is CCOC(=O)NN1CCCCC1C1CCC(NC(=O)c2c[nH]c3c(-c4cc(OC)ccc4OCC4CC4)ncnc23)CC1. The van der Waals surface area contributed by atoms with Crippen LogP contribution in [0, 0.1) is 11.8 Å². The number of H-pyrrole nitrogens is 1. The van der Waals surface area contributed by atoms with Gasteiger partial charge < -0.3 is 24.5 Å². The molecule has 230 valence electrons. The molecule has 11 heteroatoms. The van der Waals surface area contributed by atoms with Crippen molar-refractivity contribution in [1.82, 2.24) is 30.7 Å². The largest absolute Gasteiger partial charge is 0.497 e. The van der Waals surface area contributed by atoms with Gasteiger partial charge in [0.25, 0.3) is 5.91 Å². The van der Waals surface area contributed by atoms with Gasteiger partial charge in [-0.3, -0.25) is 10.2 Å². The summed E-state index contributed by atoms with van der Waals surface area (Å²) < 4.78 is 16.8. The third kappa shape index (κ3) is 6.71. The van der Waals surface area contributed by atoms with E-state index in [0.717, 1.165) is 62.8 Å². The van der Waals surface area contributed by atoms with E-state index in [1.807, 2.05) is 25.1 Å². The maximum absolute atomic E-state index is 13.5. The van der Waals surface area contributed by atoms with Gasteiger partial charge in [0.1, 0.15) is 29.0 Å². The number of piperidine rings is 1. The van der Waals surface area contributed by atoms with Crippen molar-refractivity contribution in [3.8, 4) is 22.8 Å². The van der Waals surface area contributed by atoms with Crippen LogP contribution in [0.2, 0.25) is 0 Å². The second-order valence-electron chi connectivity index (χ2n) is 11.9. The smallest absolute Gasteiger partial charge is 0.421 e. The predicted molar refractivity (Wildman–Crippen MR) is 162 cm³/mol. The number of aromatic nitrogens is 3. The van der Waals surface area contributed by atoms with Gasteiger partial charge in [-0.15, -0.1) is 0 Å². The molecular weight excluding hydrogens is 548 g/mol. The van der Waals surface area contributed by atoms with E-state index in [1.54, 1.807) is 13.3 Å². The van der Waals surface area contributed by atoms with Crippen LogP contribution in [0.25, 0.3) is 22.3 Å². The Morgan fingerprint density at radius 2 is 1.91 bits per heavy atom. The first kappa shape index (κ1) is 29.2. The summed E-state index contributed by atoms with van der Waals surface area (Å²) >= 11 is 0. The molecule has 2 saturated carbocycles. The van der Waals surface area contributed by atoms with E-state index in [0.29, 0.717) is 59.1 Å². The lowest BCUT2D eigenvalue weighted by molar-refractivity contribution is 0.0269. The van der Waals surface area contributed by atoms with Crippen LogP contribution in [0.1, 0.15) is 75.1 Å². The molecule has 2 aromatic heterocycles. The van der Waals surface area contributed by atoms with E-state index in [4.69, 9.17) is 14.2 Å². The summed E-state index contributed by atoms with van der Waals surface area (Å²) in [5, 5.41) is 5.34. The van der Waals surface area contributed by atoms with Crippen molar-refractivity contribution >= 4 is 23.0 Å². The molecule has 3 heterocycles. The van der Waals surface area contributed by atoms with E-state index in [-0.39, 0.29) is 18.0 Å². The van der Waals surface area contributed by atoms with Crippen molar-refractivity contribution < 1.29 is 23.8 Å². The normalized spacial score (nSPS) is 22.6. The van der Waals surface area contributed by atoms with Crippen LogP contribution in [0.5, 0.6) is 11.5 Å². The van der Waals surface area contributed by atoms with Crippen LogP contribution >= 0.6 is 0 Å². The van der Waals surface area contributed by atoms with Gasteiger partial charge in [-0.05, 0) is 88.3 Å². The van der Waals surface area contributed by atoms with Crippen LogP contribution in [0.4, 0.5) is 4.79 Å². The zero-order chi connectivity index (χ0) is 29.8. The van der Waals surface area contributed by atoms with Gasteiger partial charge in [-0.1, -0.05) is 6.42 Å². The van der Waals surface area contributed by atoms with Crippen LogP contribution < -0.4 is 20.2 Å². The molecule has 3 aliphatic rings. The number of carbonyl (C=O) groups excluding carboxylic acids is 2. The summed E-state index contributed by atoms with van der Waals surface area (Å²) in [6, 6.07) is 6.10. The first-order chi connectivity index (χ1) is 21.0. The summed E-state index contributed by atoms with van der Waals surface area (Å²) in [7, 11) is 1.63. The molecule has 0 spiro atoms. The van der Waals surface area contributed by atoms with Gasteiger partial charge in [-0.25, -0.2) is 19.8 Å². The van der Waals surface area contributed by atoms with Crippen molar-refractivity contribution in [3.05, 3.63) is 36.3 Å². The molecule has 0 radical (unpaired) electrons. The Labute approximate surface area is 252 Å². The number of amides is 2. The Hall–Kier alpha value is -3.86. The minimum Gasteiger partial charge on any atom is -0.497 e. The summed E-state index contributed by atoms with van der Waals surface area (Å²) in [5.74, 6) is 2.38. The average molecular weight is 591 g/mol. The van der Waals surface area contributed by atoms with Gasteiger partial charge in [0.2, 0.25) is 0 Å². The fourth-order valence-electron chi connectivity index (χ4n) is 6.53. The van der Waals surface area contributed by atoms with Crippen molar-refractivity contribution in [2.24, 2.45) is 11.8 Å². The topological polar surface area (TPSA) is 131 Å². The molecule has 6 rings (SSSR count). The van der Waals surface area contributed by atoms with Crippen LogP contribution in [-0.2, 0) is 4.74 Å². The number of hydrogen-bond donors (Lipinski definition) is 3. The summed E-state index contributed by atoms with van der Waals surface area (Å²) in [4.78, 5) is 37.9. The molecule has 3 aromatic rings. The first-order valence-corrected chi connectivity index (χ1v) is 15.7. The molecular formula is C32H42N6O5. The number of benzene rings is 1. The summed E-state index contributed by atoms with van der Waals surface area (Å²) in [6.45, 7) is 3.69. The highest BCUT2D eigenvalue weighted by Gasteiger charge is 2.34. The second kappa shape index (κ2) is 13.2. The third-order valence-corrected chi connectivity index (χ3v) is 9.03. The molecule has 3 N–H and O–H groups in total. The molecule has 3 fully saturated rings. The number of hydrazine groups is 1. The Balaban J connectivity index is 1.12. The number of aromatic amines is 1. The second-order valence-corrected chi connectivity index (χ2v) is 11.9. The maximum atomic E-state index is 13.5. The van der Waals surface area contributed by atoms with Crippen molar-refractivity contribution in [1.29, 1.82) is 0 Å². The van der Waals surface area contributed by atoms with Gasteiger partial charge in [0.15, 0.2) is 0 Å². The van der Waals surface area contributed by atoms with Crippen LogP contribution in [0.15, 0.2) is 30.7 Å². The fourth-order valence-corrected chi connectivity index (χ4v) is 6.53. The van der Waals surface area contributed by atoms with E-state index in [2.05, 4.69) is 30.7 Å². The number of nitrogens with zero attached hydrogens (tertiary/aromatic N) is 3. The Bertz CT molecular complexity index is 1430. The number of hydrogen-bond acceptors (Lipinski definition) is 8. The molecule has 2 amide bonds. The van der Waals surface area contributed by atoms with E-state index >= 15 is 0 Å². The van der Waals surface area contributed by atoms with Crippen molar-refractivity contribution in [2.45, 2.75) is 76.8 Å². The lowest BCUT2D eigenvalue weighted by Crippen LogP contribution is -2.54. The Morgan fingerprint density at radius 1 is 1.07 bits per heavy atom. The average Bonchev–Trinajstić information content (AvgIpc) is 3.76. The van der Waals surface area contributed by atoms with E-state index < -0.39 is 0 Å². The minimum atomic E-state index is -0.380. The number of fused-ring (bicyclic) bond motifs is 1. The highest BCUT2D eigenvalue weighted by atomic mass is 16.6. The van der Waals surface area contributed by atoms with E-state index in [9.17, 15) is 9.59 Å². The highest BCUT2D eigenvalue weighted by molar-refractivity contribution is 6.08. The number of methoxy groups -OCH3 is 1. The standard InChI is InChI=1S/C32H42N6O5/c1-3-42-32(40)37-38-15-5-4-6-26(38)21-9-11-22(12-10-21)36-31(39)25-17-33-30-28(34-19-35-29(25)30)24-16-23(41-2)13-14-27(24)43-18-20-7-8-20/h13-14,16-17,19-22,26,33H,3-12,15,18H2,1-2H3,(H,36,39)(H,37,40). The predicted octanol–water partition coefficient (Wildman–Crippen LogP) is 5.23. The lowest BCUT2D eigenvalue weighted by atomic mass is 9.78. The van der Waals surface area contributed by atoms with E-state index in [1.165, 1.54) is 19.2 Å². The highest BCUT2D eigenvalue weighted by Crippen LogP contribution is 2.38. The number of carbonyl (C=O) groups is 2. The molecule has 1 unspecified atom stereocenters. The zero-order valence-corrected chi connectivity index (χ0v) is 25.1. The molecule has 11 nitrogen and oxygen atoms in total. The van der Waals surface area contributed by atoms with Gasteiger partial charge in [0, 0.05) is 30.4 Å². The zero-order valence-electron chi connectivity index (χ0n) is 25.1. The van der Waals surface area contributed by atoms with Crippen molar-refractivity contribution in [2.75, 3.05) is 26.9 Å². The third-order valence-electron chi connectivity index (χ3n) is 9.03. The quantitative estimate of drug-likeness (QED) is 0.293. The van der Waals surface area contributed by atoms with Gasteiger partial charge >= 0.3 is 6.09 Å². The summed E-state index contributed by atoms with van der Waals surface area (Å²) in [6.07, 6.45) is 12.3. The summed E-state index contributed by atoms with van der Waals surface area (Å²) in [5.41, 5.74) is 6.20. The Morgan fingerprint density at radius 3 is 2.67 bits per heavy atom. The van der Waals surface area contributed by atoms with Gasteiger partial charge in [0.05, 0.1) is 31.4 Å². The molecule has 1 aromatic carbocycles. The Kier molecular flexibility index (Phi) is 8.97. The first-order valence-electron chi connectivity index (χ1n) is 15.7. The number of rotatable bonds is 10. The van der Waals surface area contributed by atoms with Crippen LogP contribution in [-0.4, -0.2) is 70.9 Å². The molecule has 2 aliphatic carbocycles. The lowest BCUT2D eigenvalue weighted by Gasteiger charge is -2.42. The molecule has 43 heavy (non-hydrogen) atoms. The molecule has 0 bridgehead atoms. The molecule has 1 aliphatic heterocycles. The monoisotopic (exact) mass is 590 g/mol.